The molecule has 2 fully saturated rings. The summed E-state index contributed by atoms with van der Waals surface area (Å²) in [5, 5.41) is 23.2. The zero-order valence-corrected chi connectivity index (χ0v) is 32.7. The van der Waals surface area contributed by atoms with Gasteiger partial charge in [-0.15, -0.1) is 11.6 Å². The summed E-state index contributed by atoms with van der Waals surface area (Å²) in [6.45, 7) is 15.3. The number of esters is 1. The van der Waals surface area contributed by atoms with Gasteiger partial charge < -0.3 is 19.7 Å². The van der Waals surface area contributed by atoms with Gasteiger partial charge in [0.25, 0.3) is 0 Å². The highest BCUT2D eigenvalue weighted by atomic mass is 35.5. The average molecular weight is 719 g/mol. The first-order chi connectivity index (χ1) is 23.3. The van der Waals surface area contributed by atoms with Gasteiger partial charge in [-0.1, -0.05) is 57.8 Å². The minimum absolute atomic E-state index is 0.0170. The molecule has 0 aromatic rings. The molecule has 0 aromatic carbocycles. The first kappa shape index (κ1) is 40.9. The molecule has 282 valence electrons. The van der Waals surface area contributed by atoms with Crippen LogP contribution >= 0.6 is 11.6 Å². The number of allylic oxidation sites excluding steroid dienone is 3. The average Bonchev–Trinajstić information content (AvgIpc) is 3.69. The second-order valence-electron chi connectivity index (χ2n) is 17.3. The minimum atomic E-state index is -1.67. The van der Waals surface area contributed by atoms with Crippen molar-refractivity contribution in [3.05, 3.63) is 22.8 Å². The first-order valence-electron chi connectivity index (χ1n) is 19.0. The molecule has 1 aliphatic heterocycles. The largest absolute Gasteiger partial charge is 0.469 e. The molecule has 50 heavy (non-hydrogen) atoms. The first-order valence-corrected chi connectivity index (χ1v) is 19.5. The van der Waals surface area contributed by atoms with Crippen LogP contribution in [0.5, 0.6) is 0 Å². The molecule has 1 saturated heterocycles. The lowest BCUT2D eigenvalue weighted by atomic mass is 9.52. The number of ketones is 3. The maximum atomic E-state index is 14.7. The quantitative estimate of drug-likeness (QED) is 0.130. The molecular weight excluding hydrogens is 656 g/mol. The van der Waals surface area contributed by atoms with Crippen molar-refractivity contribution in [3.63, 3.8) is 0 Å². The second-order valence-corrected chi connectivity index (χ2v) is 17.9. The Balaban J connectivity index is 1.97. The third-order valence-corrected chi connectivity index (χ3v) is 13.5. The van der Waals surface area contributed by atoms with Crippen molar-refractivity contribution in [2.24, 2.45) is 40.9 Å². The van der Waals surface area contributed by atoms with Gasteiger partial charge in [-0.25, -0.2) is 0 Å². The number of rotatable bonds is 2. The van der Waals surface area contributed by atoms with Crippen molar-refractivity contribution >= 4 is 34.9 Å². The van der Waals surface area contributed by atoms with Gasteiger partial charge in [0.15, 0.2) is 0 Å². The molecule has 0 unspecified atom stereocenters. The Bertz CT molecular complexity index is 1360. The van der Waals surface area contributed by atoms with Crippen molar-refractivity contribution < 1.29 is 38.9 Å². The Morgan fingerprint density at radius 1 is 1.00 bits per heavy atom. The summed E-state index contributed by atoms with van der Waals surface area (Å²) in [4.78, 5) is 57.5. The number of carbonyl (C=O) groups excluding carboxylic acids is 4. The van der Waals surface area contributed by atoms with Crippen LogP contribution in [0.15, 0.2) is 22.8 Å². The molecule has 3 aliphatic carbocycles. The number of aliphatic hydroxyl groups excluding tert-OH is 1. The molecule has 0 amide bonds. The molecule has 11 atom stereocenters. The fourth-order valence-corrected chi connectivity index (χ4v) is 9.50. The minimum Gasteiger partial charge on any atom is -0.469 e. The molecular formula is C41H63ClO8. The number of carbonyl (C=O) groups is 4. The fourth-order valence-electron chi connectivity index (χ4n) is 9.30. The molecule has 9 heteroatoms. The predicted molar refractivity (Wildman–Crippen MR) is 195 cm³/mol. The summed E-state index contributed by atoms with van der Waals surface area (Å²) in [6, 6.07) is 0. The number of epoxide rings is 1. The van der Waals surface area contributed by atoms with Crippen LogP contribution in [0.2, 0.25) is 0 Å². The van der Waals surface area contributed by atoms with Crippen molar-refractivity contribution in [2.75, 3.05) is 7.11 Å². The molecule has 4 aliphatic rings. The van der Waals surface area contributed by atoms with E-state index < -0.39 is 46.2 Å². The van der Waals surface area contributed by atoms with Gasteiger partial charge in [0.2, 0.25) is 0 Å². The van der Waals surface area contributed by atoms with Gasteiger partial charge in [0.1, 0.15) is 17.3 Å². The van der Waals surface area contributed by atoms with Crippen LogP contribution in [-0.2, 0) is 28.7 Å². The number of aliphatic hydroxyl groups is 2. The maximum Gasteiger partial charge on any atom is 0.313 e. The summed E-state index contributed by atoms with van der Waals surface area (Å²) in [5.41, 5.74) is -1.24. The summed E-state index contributed by atoms with van der Waals surface area (Å²) < 4.78 is 11.7. The Labute approximate surface area is 305 Å². The van der Waals surface area contributed by atoms with E-state index in [1.807, 2.05) is 47.6 Å². The second kappa shape index (κ2) is 16.0. The van der Waals surface area contributed by atoms with Gasteiger partial charge in [-0.2, -0.15) is 0 Å². The zero-order chi connectivity index (χ0) is 37.3. The Morgan fingerprint density at radius 2 is 1.68 bits per heavy atom. The Kier molecular flexibility index (Phi) is 13.1. The van der Waals surface area contributed by atoms with Gasteiger partial charge >= 0.3 is 5.97 Å². The molecule has 8 nitrogen and oxygen atoms in total. The summed E-state index contributed by atoms with van der Waals surface area (Å²) in [6.07, 6.45) is 5.68. The SMILES string of the molecule is COC(=O)[C@@]12CC(=O)[C@@H](C(C)C)CC(=O)[C@@H](C)CCC[C@@H](C)CC(=O)[C@@H]1CC(C)=C1[C@H](O)C[C@@](C)(O)[C@@H](Cl)CC[C@@]3(C)O[C@@H]3CCC(C)=C[C@H]12. The standard InChI is InChI=1S/C41H63ClO8/c1-23(2)28-20-31(43)26(5)12-10-11-24(3)18-32(44)29-19-27(6)37-30(41(29,22-33(28)45)38(47)49-9)17-25(4)13-14-36-40(8,50-36)16-15-35(42)39(7,48)21-34(37)46/h17,23-24,26,28-30,34-36,46,48H,10-16,18-22H2,1-9H3/t24-,26+,28-,29+,30-,34-,35+,36-,39-,40-,41+/m1/s1. The highest BCUT2D eigenvalue weighted by Gasteiger charge is 2.60. The van der Waals surface area contributed by atoms with Crippen LogP contribution in [0.1, 0.15) is 132 Å². The van der Waals surface area contributed by atoms with E-state index >= 15 is 0 Å². The molecule has 2 N–H and O–H groups in total. The highest BCUT2D eigenvalue weighted by Crippen LogP contribution is 2.56. The normalized spacial score (nSPS) is 41.6. The number of ether oxygens (including phenoxy) is 2. The van der Waals surface area contributed by atoms with E-state index in [0.29, 0.717) is 31.3 Å². The summed E-state index contributed by atoms with van der Waals surface area (Å²) in [5.74, 6) is -3.73. The summed E-state index contributed by atoms with van der Waals surface area (Å²) >= 11 is 6.85. The van der Waals surface area contributed by atoms with Gasteiger partial charge in [-0.05, 0) is 83.6 Å². The van der Waals surface area contributed by atoms with E-state index in [1.165, 1.54) is 7.11 Å². The van der Waals surface area contributed by atoms with Crippen LogP contribution < -0.4 is 0 Å². The van der Waals surface area contributed by atoms with Crippen LogP contribution in [-0.4, -0.2) is 69.4 Å². The van der Waals surface area contributed by atoms with E-state index in [-0.39, 0.29) is 78.9 Å². The van der Waals surface area contributed by atoms with Crippen molar-refractivity contribution in [1.82, 2.24) is 0 Å². The molecule has 1 heterocycles. The van der Waals surface area contributed by atoms with E-state index in [1.54, 1.807) is 6.92 Å². The van der Waals surface area contributed by atoms with Crippen LogP contribution in [0.3, 0.4) is 0 Å². The van der Waals surface area contributed by atoms with Gasteiger partial charge in [0.05, 0.1) is 41.3 Å². The number of hydrogen-bond donors (Lipinski definition) is 2. The maximum absolute atomic E-state index is 14.7. The van der Waals surface area contributed by atoms with Crippen LogP contribution in [0, 0.1) is 40.9 Å². The Morgan fingerprint density at radius 3 is 2.32 bits per heavy atom. The van der Waals surface area contributed by atoms with Crippen molar-refractivity contribution in [2.45, 2.75) is 161 Å². The topological polar surface area (TPSA) is 130 Å². The number of methoxy groups -OCH3 is 1. The third kappa shape index (κ3) is 8.66. The monoisotopic (exact) mass is 718 g/mol. The number of Topliss-reactive ketones (excluding diaryl/α,β-unsaturated/α-hetero) is 3. The van der Waals surface area contributed by atoms with E-state index in [4.69, 9.17) is 21.1 Å². The molecule has 0 radical (unpaired) electrons. The van der Waals surface area contributed by atoms with Gasteiger partial charge in [-0.3, -0.25) is 19.2 Å². The predicted octanol–water partition coefficient (Wildman–Crippen LogP) is 7.49. The lowest BCUT2D eigenvalue weighted by molar-refractivity contribution is -0.166. The Hall–Kier alpha value is -1.87. The zero-order valence-electron chi connectivity index (χ0n) is 32.0. The number of alkyl halides is 1. The van der Waals surface area contributed by atoms with E-state index in [0.717, 1.165) is 30.4 Å². The lowest BCUT2D eigenvalue weighted by Crippen LogP contribution is -2.55. The number of hydrogen-bond acceptors (Lipinski definition) is 8. The number of halogens is 1. The number of fused-ring (bicyclic) bond motifs is 4. The molecule has 0 aromatic heterocycles. The lowest BCUT2D eigenvalue weighted by Gasteiger charge is -2.49. The van der Waals surface area contributed by atoms with Crippen LogP contribution in [0.25, 0.3) is 0 Å². The van der Waals surface area contributed by atoms with Gasteiger partial charge in [0, 0.05) is 49.4 Å². The molecule has 0 bridgehead atoms. The molecule has 4 rings (SSSR count). The van der Waals surface area contributed by atoms with E-state index in [9.17, 15) is 29.4 Å². The highest BCUT2D eigenvalue weighted by molar-refractivity contribution is 6.21. The smallest absolute Gasteiger partial charge is 0.313 e. The fraction of sp³-hybridized carbons (Fsp3) is 0.805. The van der Waals surface area contributed by atoms with Crippen LogP contribution in [0.4, 0.5) is 0 Å². The molecule has 1 saturated carbocycles. The third-order valence-electron chi connectivity index (χ3n) is 12.8. The molecule has 0 spiro atoms. The van der Waals surface area contributed by atoms with Crippen molar-refractivity contribution in [3.8, 4) is 0 Å². The van der Waals surface area contributed by atoms with E-state index in [2.05, 4.69) is 6.92 Å². The summed E-state index contributed by atoms with van der Waals surface area (Å²) in [7, 11) is 1.29. The van der Waals surface area contributed by atoms with Crippen molar-refractivity contribution in [1.29, 1.82) is 0 Å².